The number of hydrogen-bond donors (Lipinski definition) is 3. The lowest BCUT2D eigenvalue weighted by molar-refractivity contribution is -0.123. The maximum atomic E-state index is 12.2. The number of benzene rings is 1. The molecule has 0 unspecified atom stereocenters. The van der Waals surface area contributed by atoms with Gasteiger partial charge in [-0.3, -0.25) is 19.3 Å². The van der Waals surface area contributed by atoms with Crippen LogP contribution in [-0.2, 0) is 20.8 Å². The van der Waals surface area contributed by atoms with Crippen molar-refractivity contribution in [2.75, 3.05) is 36.8 Å². The van der Waals surface area contributed by atoms with Gasteiger partial charge in [-0.1, -0.05) is 13.0 Å². The minimum absolute atomic E-state index is 0.0918. The first kappa shape index (κ1) is 21.6. The smallest absolute Gasteiger partial charge is 0.238 e. The Labute approximate surface area is 169 Å². The zero-order valence-corrected chi connectivity index (χ0v) is 17.0. The molecule has 0 saturated carbocycles. The summed E-state index contributed by atoms with van der Waals surface area (Å²) in [6.45, 7) is 4.83. The van der Waals surface area contributed by atoms with Gasteiger partial charge < -0.3 is 16.0 Å². The molecule has 0 spiro atoms. The number of hydrogen-bond acceptors (Lipinski definition) is 5. The van der Waals surface area contributed by atoms with E-state index in [1.54, 1.807) is 40.5 Å². The highest BCUT2D eigenvalue weighted by molar-refractivity contribution is 7.09. The van der Waals surface area contributed by atoms with Crippen LogP contribution >= 0.6 is 11.3 Å². The maximum Gasteiger partial charge on any atom is 0.238 e. The maximum absolute atomic E-state index is 12.2. The Kier molecular flexibility index (Phi) is 8.64. The highest BCUT2D eigenvalue weighted by atomic mass is 32.1. The molecule has 2 rings (SSSR count). The largest absolute Gasteiger partial charge is 0.355 e. The highest BCUT2D eigenvalue weighted by Gasteiger charge is 2.13. The number of rotatable bonds is 10. The summed E-state index contributed by atoms with van der Waals surface area (Å²) in [7, 11) is 0. The molecule has 0 radical (unpaired) electrons. The molecule has 0 aliphatic heterocycles. The molecule has 0 fully saturated rings. The van der Waals surface area contributed by atoms with Crippen LogP contribution in [0.1, 0.15) is 18.7 Å². The van der Waals surface area contributed by atoms with Gasteiger partial charge in [0.25, 0.3) is 0 Å². The first-order chi connectivity index (χ1) is 13.5. The second-order valence-electron chi connectivity index (χ2n) is 6.29. The van der Waals surface area contributed by atoms with E-state index in [2.05, 4.69) is 16.0 Å². The van der Waals surface area contributed by atoms with E-state index in [9.17, 15) is 14.4 Å². The fraction of sp³-hybridized carbons (Fsp3) is 0.350. The molecule has 8 heteroatoms. The average molecular weight is 403 g/mol. The summed E-state index contributed by atoms with van der Waals surface area (Å²) in [5.41, 5.74) is 1.30. The van der Waals surface area contributed by atoms with Gasteiger partial charge in [0.05, 0.1) is 13.1 Å². The molecule has 0 bridgehead atoms. The number of amides is 3. The number of carbonyl (C=O) groups is 3. The number of anilines is 2. The fourth-order valence-electron chi connectivity index (χ4n) is 2.56. The van der Waals surface area contributed by atoms with Crippen molar-refractivity contribution < 1.29 is 14.4 Å². The van der Waals surface area contributed by atoms with Gasteiger partial charge in [0.2, 0.25) is 17.7 Å². The van der Waals surface area contributed by atoms with E-state index in [4.69, 9.17) is 0 Å². The van der Waals surface area contributed by atoms with E-state index in [1.165, 1.54) is 11.8 Å². The van der Waals surface area contributed by atoms with Crippen molar-refractivity contribution in [2.24, 2.45) is 0 Å². The second kappa shape index (κ2) is 11.2. The average Bonchev–Trinajstić information content (AvgIpc) is 3.15. The number of nitrogens with one attached hydrogen (secondary N) is 3. The summed E-state index contributed by atoms with van der Waals surface area (Å²) in [5.74, 6) is -0.435. The molecule has 3 N–H and O–H groups in total. The van der Waals surface area contributed by atoms with Gasteiger partial charge in [-0.05, 0) is 48.7 Å². The van der Waals surface area contributed by atoms with Crippen molar-refractivity contribution in [1.29, 1.82) is 0 Å². The van der Waals surface area contributed by atoms with Gasteiger partial charge >= 0.3 is 0 Å². The molecule has 3 amide bonds. The van der Waals surface area contributed by atoms with E-state index >= 15 is 0 Å². The summed E-state index contributed by atoms with van der Waals surface area (Å²) in [5, 5.41) is 10.4. The summed E-state index contributed by atoms with van der Waals surface area (Å²) in [6, 6.07) is 10.9. The molecule has 28 heavy (non-hydrogen) atoms. The number of thiophene rings is 1. The first-order valence-corrected chi connectivity index (χ1v) is 10.0. The number of nitrogens with zero attached hydrogens (tertiary/aromatic N) is 1. The number of carbonyl (C=O) groups excluding carboxylic acids is 3. The van der Waals surface area contributed by atoms with Gasteiger partial charge in [-0.25, -0.2) is 0 Å². The van der Waals surface area contributed by atoms with E-state index in [0.717, 1.165) is 6.42 Å². The van der Waals surface area contributed by atoms with Crippen molar-refractivity contribution >= 4 is 40.4 Å². The molecule has 0 aliphatic carbocycles. The monoisotopic (exact) mass is 402 g/mol. The van der Waals surface area contributed by atoms with Gasteiger partial charge in [0.1, 0.15) is 0 Å². The van der Waals surface area contributed by atoms with Crippen LogP contribution in [0.3, 0.4) is 0 Å². The van der Waals surface area contributed by atoms with Crippen molar-refractivity contribution in [3.05, 3.63) is 46.7 Å². The predicted octanol–water partition coefficient (Wildman–Crippen LogP) is 2.33. The molecule has 1 heterocycles. The third-order valence-electron chi connectivity index (χ3n) is 3.94. The Hall–Kier alpha value is -2.71. The second-order valence-corrected chi connectivity index (χ2v) is 7.32. The van der Waals surface area contributed by atoms with Crippen molar-refractivity contribution in [3.8, 4) is 0 Å². The summed E-state index contributed by atoms with van der Waals surface area (Å²) in [6.07, 6.45) is 0.810. The molecule has 0 saturated heterocycles. The van der Waals surface area contributed by atoms with Crippen LogP contribution < -0.4 is 16.0 Å². The molecule has 0 atom stereocenters. The normalized spacial score (nSPS) is 10.5. The molecular formula is C20H26N4O3S. The Bertz CT molecular complexity index is 775. The molecule has 150 valence electrons. The Morgan fingerprint density at radius 2 is 1.61 bits per heavy atom. The van der Waals surface area contributed by atoms with E-state index in [0.29, 0.717) is 24.5 Å². The van der Waals surface area contributed by atoms with Crippen LogP contribution in [0.15, 0.2) is 41.8 Å². The first-order valence-electron chi connectivity index (χ1n) is 9.15. The van der Waals surface area contributed by atoms with Crippen LogP contribution in [0.2, 0.25) is 0 Å². The third-order valence-corrected chi connectivity index (χ3v) is 4.88. The Morgan fingerprint density at radius 3 is 2.18 bits per heavy atom. The highest BCUT2D eigenvalue weighted by Crippen LogP contribution is 2.13. The van der Waals surface area contributed by atoms with Crippen LogP contribution in [0, 0.1) is 0 Å². The standard InChI is InChI=1S/C20H26N4O3S/c1-3-24(13-19(26)21-11-10-18-5-4-12-28-18)14-20(27)23-17-8-6-16(7-9-17)22-15(2)25/h4-9,12H,3,10-11,13-14H2,1-2H3,(H,21,26)(H,22,25)(H,23,27). The summed E-state index contributed by atoms with van der Waals surface area (Å²) < 4.78 is 0. The van der Waals surface area contributed by atoms with Crippen LogP contribution in [-0.4, -0.2) is 48.8 Å². The zero-order chi connectivity index (χ0) is 20.4. The summed E-state index contributed by atoms with van der Waals surface area (Å²) in [4.78, 5) is 38.4. The van der Waals surface area contributed by atoms with Crippen LogP contribution in [0.4, 0.5) is 11.4 Å². The van der Waals surface area contributed by atoms with E-state index in [-0.39, 0.29) is 30.8 Å². The number of likely N-dealkylation sites (N-methyl/N-ethyl adjacent to an activating group) is 1. The van der Waals surface area contributed by atoms with E-state index in [1.807, 2.05) is 24.4 Å². The molecule has 1 aromatic carbocycles. The minimum Gasteiger partial charge on any atom is -0.355 e. The molecule has 1 aromatic heterocycles. The lowest BCUT2D eigenvalue weighted by Crippen LogP contribution is -2.41. The SMILES string of the molecule is CCN(CC(=O)NCCc1cccs1)CC(=O)Nc1ccc(NC(C)=O)cc1. The van der Waals surface area contributed by atoms with Crippen LogP contribution in [0.5, 0.6) is 0 Å². The Morgan fingerprint density at radius 1 is 0.964 bits per heavy atom. The molecule has 2 aromatic rings. The van der Waals surface area contributed by atoms with Crippen LogP contribution in [0.25, 0.3) is 0 Å². The minimum atomic E-state index is -0.194. The van der Waals surface area contributed by atoms with Gasteiger partial charge in [0, 0.05) is 29.7 Å². The topological polar surface area (TPSA) is 90.5 Å². The van der Waals surface area contributed by atoms with Crippen molar-refractivity contribution in [1.82, 2.24) is 10.2 Å². The fourth-order valence-corrected chi connectivity index (χ4v) is 3.27. The lowest BCUT2D eigenvalue weighted by Gasteiger charge is -2.19. The summed E-state index contributed by atoms with van der Waals surface area (Å²) >= 11 is 1.67. The van der Waals surface area contributed by atoms with Crippen molar-refractivity contribution in [3.63, 3.8) is 0 Å². The van der Waals surface area contributed by atoms with Crippen molar-refractivity contribution in [2.45, 2.75) is 20.3 Å². The Balaban J connectivity index is 1.73. The van der Waals surface area contributed by atoms with E-state index < -0.39 is 0 Å². The van der Waals surface area contributed by atoms with Gasteiger partial charge in [-0.15, -0.1) is 11.3 Å². The predicted molar refractivity (Wildman–Crippen MR) is 113 cm³/mol. The quantitative estimate of drug-likeness (QED) is 0.569. The lowest BCUT2D eigenvalue weighted by atomic mass is 10.2. The zero-order valence-electron chi connectivity index (χ0n) is 16.2. The van der Waals surface area contributed by atoms with Gasteiger partial charge in [0.15, 0.2) is 0 Å². The molecule has 7 nitrogen and oxygen atoms in total. The third kappa shape index (κ3) is 7.89. The molecule has 0 aliphatic rings. The van der Waals surface area contributed by atoms with Gasteiger partial charge in [-0.2, -0.15) is 0 Å². The molecular weight excluding hydrogens is 376 g/mol.